The van der Waals surface area contributed by atoms with Gasteiger partial charge in [0, 0.05) is 6.54 Å². The Kier molecular flexibility index (Phi) is 10.8. The van der Waals surface area contributed by atoms with Gasteiger partial charge in [0.05, 0.1) is 13.2 Å². The Morgan fingerprint density at radius 3 is 2.47 bits per heavy atom. The zero-order valence-corrected chi connectivity index (χ0v) is 22.8. The SMILES string of the molecule is CCC(C)CN1CC2N(C(=O)OCC(C)C)O[C@H](CC3CCCCC3)C(=O)N2[C@@H](CCCCN)C1=O. The van der Waals surface area contributed by atoms with Crippen molar-refractivity contribution in [2.75, 3.05) is 26.2 Å². The maximum atomic E-state index is 13.9. The predicted octanol–water partition coefficient (Wildman–Crippen LogP) is 3.91. The van der Waals surface area contributed by atoms with Crippen LogP contribution in [0.2, 0.25) is 0 Å². The number of hydroxylamine groups is 2. The van der Waals surface area contributed by atoms with Gasteiger partial charge in [0.1, 0.15) is 6.04 Å². The van der Waals surface area contributed by atoms with Crippen molar-refractivity contribution in [3.63, 3.8) is 0 Å². The first-order chi connectivity index (χ1) is 17.3. The molecule has 1 saturated carbocycles. The number of rotatable bonds is 11. The lowest BCUT2D eigenvalue weighted by molar-refractivity contribution is -0.269. The Morgan fingerprint density at radius 2 is 1.83 bits per heavy atom. The van der Waals surface area contributed by atoms with Gasteiger partial charge in [-0.3, -0.25) is 14.4 Å². The van der Waals surface area contributed by atoms with Crippen molar-refractivity contribution in [3.05, 3.63) is 0 Å². The standard InChI is InChI=1S/C27H48N4O5/c1-5-20(4)16-29-17-24-30(22(25(29)32)13-9-10-14-28)26(33)23(15-21-11-7-6-8-12-21)36-31(24)27(34)35-18-19(2)3/h19-24H,5-18,28H2,1-4H3/t20?,22-,23+,24?/m0/s1. The van der Waals surface area contributed by atoms with Crippen LogP contribution in [0.15, 0.2) is 0 Å². The molecule has 0 aromatic rings. The number of amides is 3. The second kappa shape index (κ2) is 13.6. The third kappa shape index (κ3) is 7.12. The smallest absolute Gasteiger partial charge is 0.436 e. The van der Waals surface area contributed by atoms with Gasteiger partial charge >= 0.3 is 6.09 Å². The molecular weight excluding hydrogens is 460 g/mol. The lowest BCUT2D eigenvalue weighted by Crippen LogP contribution is -2.73. The molecule has 9 heteroatoms. The third-order valence-corrected chi connectivity index (χ3v) is 7.83. The molecule has 3 amide bonds. The molecule has 0 aromatic heterocycles. The van der Waals surface area contributed by atoms with E-state index in [-0.39, 0.29) is 30.9 Å². The predicted molar refractivity (Wildman–Crippen MR) is 137 cm³/mol. The van der Waals surface area contributed by atoms with Crippen LogP contribution in [0.3, 0.4) is 0 Å². The van der Waals surface area contributed by atoms with E-state index in [2.05, 4.69) is 13.8 Å². The van der Waals surface area contributed by atoms with Crippen LogP contribution in [-0.4, -0.2) is 77.3 Å². The van der Waals surface area contributed by atoms with Crippen molar-refractivity contribution >= 4 is 17.9 Å². The molecule has 2 heterocycles. The van der Waals surface area contributed by atoms with E-state index in [1.54, 1.807) is 4.90 Å². The molecule has 3 rings (SSSR count). The van der Waals surface area contributed by atoms with Crippen LogP contribution in [-0.2, 0) is 19.2 Å². The van der Waals surface area contributed by atoms with E-state index in [1.165, 1.54) is 11.5 Å². The van der Waals surface area contributed by atoms with Crippen LogP contribution >= 0.6 is 0 Å². The fraction of sp³-hybridized carbons (Fsp3) is 0.889. The van der Waals surface area contributed by atoms with E-state index < -0.39 is 24.4 Å². The molecule has 36 heavy (non-hydrogen) atoms. The molecule has 2 aliphatic heterocycles. The molecule has 3 fully saturated rings. The topological polar surface area (TPSA) is 105 Å². The van der Waals surface area contributed by atoms with Crippen molar-refractivity contribution in [3.8, 4) is 0 Å². The number of carbonyl (C=O) groups excluding carboxylic acids is 3. The van der Waals surface area contributed by atoms with E-state index in [0.29, 0.717) is 37.8 Å². The Bertz CT molecular complexity index is 742. The number of ether oxygens (including phenoxy) is 1. The van der Waals surface area contributed by atoms with Crippen molar-refractivity contribution in [2.45, 2.75) is 110 Å². The second-order valence-corrected chi connectivity index (χ2v) is 11.4. The Balaban J connectivity index is 1.90. The van der Waals surface area contributed by atoms with Crippen molar-refractivity contribution in [1.29, 1.82) is 0 Å². The summed E-state index contributed by atoms with van der Waals surface area (Å²) in [5.74, 6) is 0.661. The molecular formula is C27H48N4O5. The molecule has 3 aliphatic rings. The van der Waals surface area contributed by atoms with Crippen molar-refractivity contribution < 1.29 is 24.0 Å². The zero-order valence-electron chi connectivity index (χ0n) is 22.8. The van der Waals surface area contributed by atoms with Gasteiger partial charge in [0.15, 0.2) is 12.3 Å². The maximum absolute atomic E-state index is 13.9. The summed E-state index contributed by atoms with van der Waals surface area (Å²) in [5, 5.41) is 1.27. The van der Waals surface area contributed by atoms with Crippen LogP contribution in [0.1, 0.15) is 91.9 Å². The first-order valence-corrected chi connectivity index (χ1v) is 14.2. The molecule has 0 bridgehead atoms. The summed E-state index contributed by atoms with van der Waals surface area (Å²) >= 11 is 0. The van der Waals surface area contributed by atoms with Gasteiger partial charge < -0.3 is 20.3 Å². The van der Waals surface area contributed by atoms with E-state index in [1.807, 2.05) is 18.7 Å². The summed E-state index contributed by atoms with van der Waals surface area (Å²) < 4.78 is 5.57. The van der Waals surface area contributed by atoms with Crippen molar-refractivity contribution in [1.82, 2.24) is 14.9 Å². The van der Waals surface area contributed by atoms with E-state index >= 15 is 0 Å². The minimum atomic E-state index is -0.776. The summed E-state index contributed by atoms with van der Waals surface area (Å²) in [7, 11) is 0. The molecule has 2 saturated heterocycles. The molecule has 0 aromatic carbocycles. The minimum absolute atomic E-state index is 0.0364. The monoisotopic (exact) mass is 508 g/mol. The molecule has 0 radical (unpaired) electrons. The van der Waals surface area contributed by atoms with Gasteiger partial charge in [-0.25, -0.2) is 4.79 Å². The molecule has 2 N–H and O–H groups in total. The van der Waals surface area contributed by atoms with Gasteiger partial charge in [-0.05, 0) is 50.0 Å². The fourth-order valence-electron chi connectivity index (χ4n) is 5.57. The van der Waals surface area contributed by atoms with E-state index in [9.17, 15) is 14.4 Å². The zero-order chi connectivity index (χ0) is 26.2. The van der Waals surface area contributed by atoms with Crippen LogP contribution < -0.4 is 5.73 Å². The average molecular weight is 509 g/mol. The lowest BCUT2D eigenvalue weighted by Gasteiger charge is -2.53. The van der Waals surface area contributed by atoms with Gasteiger partial charge in [-0.15, -0.1) is 0 Å². The highest BCUT2D eigenvalue weighted by atomic mass is 16.7. The van der Waals surface area contributed by atoms with Gasteiger partial charge in [0.2, 0.25) is 5.91 Å². The molecule has 206 valence electrons. The molecule has 2 unspecified atom stereocenters. The number of unbranched alkanes of at least 4 members (excludes halogenated alkanes) is 1. The summed E-state index contributed by atoms with van der Waals surface area (Å²) in [5.41, 5.74) is 5.73. The largest absolute Gasteiger partial charge is 0.448 e. The van der Waals surface area contributed by atoms with Gasteiger partial charge in [-0.1, -0.05) is 66.2 Å². The van der Waals surface area contributed by atoms with E-state index in [0.717, 1.165) is 44.9 Å². The quantitative estimate of drug-likeness (QED) is 0.424. The third-order valence-electron chi connectivity index (χ3n) is 7.83. The van der Waals surface area contributed by atoms with Crippen LogP contribution in [0.4, 0.5) is 4.79 Å². The number of hydrogen-bond donors (Lipinski definition) is 1. The summed E-state index contributed by atoms with van der Waals surface area (Å²) in [6, 6.07) is -0.620. The molecule has 0 spiro atoms. The van der Waals surface area contributed by atoms with Gasteiger partial charge in [-0.2, -0.15) is 5.06 Å². The first-order valence-electron chi connectivity index (χ1n) is 14.2. The lowest BCUT2D eigenvalue weighted by atomic mass is 9.85. The first kappa shape index (κ1) is 28.7. The fourth-order valence-corrected chi connectivity index (χ4v) is 5.57. The number of piperazine rings is 1. The summed E-state index contributed by atoms with van der Waals surface area (Å²) in [6.07, 6.45) is 7.17. The molecule has 1 aliphatic carbocycles. The van der Waals surface area contributed by atoms with Crippen LogP contribution in [0, 0.1) is 17.8 Å². The maximum Gasteiger partial charge on any atom is 0.436 e. The summed E-state index contributed by atoms with van der Waals surface area (Å²) in [6.45, 7) is 9.79. The number of nitrogens with two attached hydrogens (primary N) is 1. The Labute approximate surface area is 216 Å². The van der Waals surface area contributed by atoms with Crippen LogP contribution in [0.25, 0.3) is 0 Å². The molecule has 4 atom stereocenters. The highest BCUT2D eigenvalue weighted by Crippen LogP contribution is 2.35. The number of fused-ring (bicyclic) bond motifs is 1. The van der Waals surface area contributed by atoms with Crippen LogP contribution in [0.5, 0.6) is 0 Å². The van der Waals surface area contributed by atoms with Crippen molar-refractivity contribution in [2.24, 2.45) is 23.5 Å². The highest BCUT2D eigenvalue weighted by Gasteiger charge is 2.53. The Morgan fingerprint density at radius 1 is 1.11 bits per heavy atom. The molecule has 9 nitrogen and oxygen atoms in total. The number of hydrogen-bond acceptors (Lipinski definition) is 6. The van der Waals surface area contributed by atoms with E-state index in [4.69, 9.17) is 15.3 Å². The Hall–Kier alpha value is -1.87. The summed E-state index contributed by atoms with van der Waals surface area (Å²) in [4.78, 5) is 50.4. The average Bonchev–Trinajstić information content (AvgIpc) is 2.86. The highest BCUT2D eigenvalue weighted by molar-refractivity contribution is 5.92. The normalized spacial score (nSPS) is 26.4. The van der Waals surface area contributed by atoms with Gasteiger partial charge in [0.25, 0.3) is 5.91 Å². The number of carbonyl (C=O) groups is 3. The second-order valence-electron chi connectivity index (χ2n) is 11.4. The number of nitrogens with zero attached hydrogens (tertiary/aromatic N) is 3. The minimum Gasteiger partial charge on any atom is -0.448 e.